The van der Waals surface area contributed by atoms with Crippen molar-refractivity contribution < 1.29 is 48.3 Å². The lowest BCUT2D eigenvalue weighted by atomic mass is 9.46. The first kappa shape index (κ1) is 21.5. The van der Waals surface area contributed by atoms with Crippen molar-refractivity contribution in [1.82, 2.24) is 0 Å². The second kappa shape index (κ2) is 6.62. The summed E-state index contributed by atoms with van der Waals surface area (Å²) in [6, 6.07) is 0. The van der Waals surface area contributed by atoms with Crippen LogP contribution in [0.3, 0.4) is 0 Å². The monoisotopic (exact) mass is 428 g/mol. The molecule has 30 heavy (non-hydrogen) atoms. The number of ether oxygens (including phenoxy) is 5. The molecule has 2 bridgehead atoms. The number of carbonyl (C=O) groups excluding carboxylic acids is 3. The number of hydrogen-bond acceptors (Lipinski definition) is 10. The number of aliphatic hydroxyl groups excluding tert-OH is 1. The fraction of sp³-hybridized carbons (Fsp3) is 0.850. The molecule has 0 aromatic rings. The Morgan fingerprint density at radius 2 is 1.83 bits per heavy atom. The summed E-state index contributed by atoms with van der Waals surface area (Å²) in [6.07, 6.45) is -5.42. The van der Waals surface area contributed by atoms with Crippen molar-refractivity contribution in [3.05, 3.63) is 0 Å². The molecule has 4 fully saturated rings. The summed E-state index contributed by atoms with van der Waals surface area (Å²) >= 11 is 0. The van der Waals surface area contributed by atoms with E-state index in [1.54, 1.807) is 13.8 Å². The lowest BCUT2D eigenvalue weighted by Crippen LogP contribution is -2.76. The highest BCUT2D eigenvalue weighted by Gasteiger charge is 2.87. The molecule has 0 aromatic heterocycles. The SMILES string of the molecule is CO[C@@H]1OC[C@@H]2[C@H]3C[C@@]4(C(=O)O3)[C@H](C)[C@H](OC(C)=O)[C@@H](OC(C)=O)[C@]4(O)[C@]2(C)[C@H]1O. The van der Waals surface area contributed by atoms with E-state index in [-0.39, 0.29) is 13.0 Å². The second-order valence-electron chi connectivity index (χ2n) is 9.05. The molecule has 4 rings (SSSR count). The molecule has 10 heteroatoms. The normalized spacial score (nSPS) is 51.6. The third kappa shape index (κ3) is 2.25. The fourth-order valence-corrected chi connectivity index (χ4v) is 6.61. The number of hydrogen-bond donors (Lipinski definition) is 2. The Kier molecular flexibility index (Phi) is 4.74. The van der Waals surface area contributed by atoms with E-state index in [0.29, 0.717) is 0 Å². The van der Waals surface area contributed by atoms with Gasteiger partial charge in [-0.3, -0.25) is 14.4 Å². The summed E-state index contributed by atoms with van der Waals surface area (Å²) in [5.74, 6) is -3.35. The van der Waals surface area contributed by atoms with Crippen LogP contribution in [-0.2, 0) is 38.1 Å². The molecular formula is C20H28O10. The second-order valence-corrected chi connectivity index (χ2v) is 9.05. The molecular weight excluding hydrogens is 400 g/mol. The zero-order valence-corrected chi connectivity index (χ0v) is 17.6. The molecule has 2 N–H and O–H groups in total. The molecule has 0 amide bonds. The van der Waals surface area contributed by atoms with Gasteiger partial charge in [-0.15, -0.1) is 0 Å². The Labute approximate surface area is 173 Å². The molecule has 4 aliphatic rings. The number of methoxy groups -OCH3 is 1. The minimum atomic E-state index is -2.10. The molecule has 0 radical (unpaired) electrons. The van der Waals surface area contributed by atoms with Gasteiger partial charge in [-0.25, -0.2) is 0 Å². The number of rotatable bonds is 3. The minimum absolute atomic E-state index is 0.0573. The van der Waals surface area contributed by atoms with E-state index in [1.165, 1.54) is 21.0 Å². The zero-order valence-electron chi connectivity index (χ0n) is 17.6. The lowest BCUT2D eigenvalue weighted by molar-refractivity contribution is -0.341. The Morgan fingerprint density at radius 1 is 1.20 bits per heavy atom. The van der Waals surface area contributed by atoms with E-state index in [4.69, 9.17) is 23.7 Å². The quantitative estimate of drug-likeness (QED) is 0.448. The average Bonchev–Trinajstić information content (AvgIpc) is 3.07. The van der Waals surface area contributed by atoms with Crippen LogP contribution in [0, 0.1) is 22.7 Å². The molecule has 2 aliphatic heterocycles. The highest BCUT2D eigenvalue weighted by atomic mass is 16.7. The third-order valence-electron chi connectivity index (χ3n) is 7.99. The van der Waals surface area contributed by atoms with Crippen molar-refractivity contribution in [2.45, 2.75) is 70.4 Å². The molecule has 2 saturated carbocycles. The zero-order chi connectivity index (χ0) is 22.2. The Bertz CT molecular complexity index is 784. The summed E-state index contributed by atoms with van der Waals surface area (Å²) in [6.45, 7) is 5.71. The number of fused-ring (bicyclic) bond motifs is 4. The number of carbonyl (C=O) groups is 3. The largest absolute Gasteiger partial charge is 0.461 e. The van der Waals surface area contributed by atoms with Crippen molar-refractivity contribution in [3.8, 4) is 0 Å². The molecule has 2 saturated heterocycles. The van der Waals surface area contributed by atoms with Gasteiger partial charge in [0.15, 0.2) is 12.4 Å². The average molecular weight is 428 g/mol. The fourth-order valence-electron chi connectivity index (χ4n) is 6.61. The molecule has 0 unspecified atom stereocenters. The van der Waals surface area contributed by atoms with Gasteiger partial charge >= 0.3 is 17.9 Å². The minimum Gasteiger partial charge on any atom is -0.461 e. The maximum atomic E-state index is 13.3. The van der Waals surface area contributed by atoms with E-state index >= 15 is 0 Å². The molecule has 2 heterocycles. The van der Waals surface area contributed by atoms with Crippen LogP contribution in [-0.4, -0.2) is 78.1 Å². The van der Waals surface area contributed by atoms with E-state index in [1.807, 2.05) is 0 Å². The van der Waals surface area contributed by atoms with Gasteiger partial charge in [0.2, 0.25) is 0 Å². The van der Waals surface area contributed by atoms with Crippen molar-refractivity contribution in [2.24, 2.45) is 22.7 Å². The van der Waals surface area contributed by atoms with Crippen LogP contribution < -0.4 is 0 Å². The number of aliphatic hydroxyl groups is 2. The highest BCUT2D eigenvalue weighted by Crippen LogP contribution is 2.72. The molecule has 10 atom stereocenters. The van der Waals surface area contributed by atoms with Crippen molar-refractivity contribution in [2.75, 3.05) is 13.7 Å². The first-order valence-electron chi connectivity index (χ1n) is 10.1. The number of esters is 3. The van der Waals surface area contributed by atoms with Crippen LogP contribution in [0.1, 0.15) is 34.1 Å². The van der Waals surface area contributed by atoms with Crippen LogP contribution in [0.5, 0.6) is 0 Å². The maximum Gasteiger partial charge on any atom is 0.316 e. The summed E-state index contributed by atoms with van der Waals surface area (Å²) in [5.41, 5.74) is -5.07. The van der Waals surface area contributed by atoms with Crippen LogP contribution in [0.25, 0.3) is 0 Å². The summed E-state index contributed by atoms with van der Waals surface area (Å²) in [4.78, 5) is 37.1. The molecule has 168 valence electrons. The lowest BCUT2D eigenvalue weighted by Gasteiger charge is -2.61. The summed E-state index contributed by atoms with van der Waals surface area (Å²) in [7, 11) is 1.36. The van der Waals surface area contributed by atoms with Gasteiger partial charge in [0.1, 0.15) is 29.3 Å². The van der Waals surface area contributed by atoms with Crippen LogP contribution in [0.2, 0.25) is 0 Å². The van der Waals surface area contributed by atoms with Gasteiger partial charge in [0, 0.05) is 44.6 Å². The first-order chi connectivity index (χ1) is 14.0. The predicted octanol–water partition coefficient (Wildman–Crippen LogP) is -0.468. The van der Waals surface area contributed by atoms with Gasteiger partial charge < -0.3 is 33.9 Å². The summed E-state index contributed by atoms with van der Waals surface area (Å²) < 4.78 is 27.5. The first-order valence-corrected chi connectivity index (χ1v) is 10.1. The Balaban J connectivity index is 1.97. The predicted molar refractivity (Wildman–Crippen MR) is 96.5 cm³/mol. The van der Waals surface area contributed by atoms with Gasteiger partial charge in [-0.2, -0.15) is 0 Å². The van der Waals surface area contributed by atoms with Crippen molar-refractivity contribution in [1.29, 1.82) is 0 Å². The Morgan fingerprint density at radius 3 is 2.40 bits per heavy atom. The van der Waals surface area contributed by atoms with Gasteiger partial charge in [-0.1, -0.05) is 13.8 Å². The van der Waals surface area contributed by atoms with E-state index in [0.717, 1.165) is 0 Å². The van der Waals surface area contributed by atoms with E-state index < -0.39 is 76.9 Å². The van der Waals surface area contributed by atoms with Crippen molar-refractivity contribution >= 4 is 17.9 Å². The van der Waals surface area contributed by atoms with E-state index in [2.05, 4.69) is 0 Å². The molecule has 10 nitrogen and oxygen atoms in total. The van der Waals surface area contributed by atoms with Crippen LogP contribution in [0.4, 0.5) is 0 Å². The third-order valence-corrected chi connectivity index (χ3v) is 7.99. The standard InChI is InChI=1S/C20H28O10/c1-8-13(28-9(2)21)15(29-10(3)22)20(25)18(4)11(7-27-16(26-5)14(18)23)12-6-19(8,20)17(24)30-12/h8,11-16,23,25H,6-7H2,1-5H3/t8-,11-,12-,13+,14+,15-,16-,18+,19+,20+/m1/s1. The summed E-state index contributed by atoms with van der Waals surface area (Å²) in [5, 5.41) is 23.7. The van der Waals surface area contributed by atoms with E-state index in [9.17, 15) is 24.6 Å². The topological polar surface area (TPSA) is 138 Å². The van der Waals surface area contributed by atoms with Crippen molar-refractivity contribution in [3.63, 3.8) is 0 Å². The molecule has 0 aromatic carbocycles. The van der Waals surface area contributed by atoms with Gasteiger partial charge in [0.25, 0.3) is 0 Å². The molecule has 1 spiro atoms. The van der Waals surface area contributed by atoms with Crippen LogP contribution >= 0.6 is 0 Å². The maximum absolute atomic E-state index is 13.3. The molecule has 2 aliphatic carbocycles. The smallest absolute Gasteiger partial charge is 0.316 e. The van der Waals surface area contributed by atoms with Gasteiger partial charge in [0.05, 0.1) is 6.61 Å². The highest BCUT2D eigenvalue weighted by molar-refractivity contribution is 5.84. The van der Waals surface area contributed by atoms with Crippen LogP contribution in [0.15, 0.2) is 0 Å². The van der Waals surface area contributed by atoms with Gasteiger partial charge in [-0.05, 0) is 0 Å². The Hall–Kier alpha value is -1.75.